The number of hydrogen-bond donors (Lipinski definition) is 0. The highest BCUT2D eigenvalue weighted by molar-refractivity contribution is 7.92. The SMILES string of the molecule is Cn1cc(-c2ccc3c(c2)S(=O)(=O)CC3=O)cn1. The number of nitrogens with zero attached hydrogens (tertiary/aromatic N) is 2. The number of carbonyl (C=O) groups excluding carboxylic acids is 1. The second-order valence-electron chi connectivity index (χ2n) is 4.30. The summed E-state index contributed by atoms with van der Waals surface area (Å²) < 4.78 is 25.3. The lowest BCUT2D eigenvalue weighted by molar-refractivity contribution is 0.102. The van der Waals surface area contributed by atoms with Crippen LogP contribution in [0.15, 0.2) is 35.5 Å². The number of ketones is 1. The van der Waals surface area contributed by atoms with Crippen molar-refractivity contribution < 1.29 is 13.2 Å². The maximum atomic E-state index is 11.8. The first-order valence-corrected chi connectivity index (χ1v) is 7.02. The normalized spacial score (nSPS) is 16.8. The van der Waals surface area contributed by atoms with Gasteiger partial charge in [-0.3, -0.25) is 9.48 Å². The van der Waals surface area contributed by atoms with Gasteiger partial charge in [0.05, 0.1) is 11.1 Å². The molecule has 0 amide bonds. The number of rotatable bonds is 1. The molecule has 92 valence electrons. The molecular formula is C12H10N2O3S. The first-order chi connectivity index (χ1) is 8.47. The Hall–Kier alpha value is -1.95. The van der Waals surface area contributed by atoms with Crippen LogP contribution in [0.2, 0.25) is 0 Å². The van der Waals surface area contributed by atoms with Gasteiger partial charge in [0.1, 0.15) is 5.75 Å². The van der Waals surface area contributed by atoms with Crippen molar-refractivity contribution in [2.24, 2.45) is 7.05 Å². The van der Waals surface area contributed by atoms with Gasteiger partial charge in [-0.2, -0.15) is 5.10 Å². The van der Waals surface area contributed by atoms with E-state index in [0.717, 1.165) is 11.1 Å². The van der Waals surface area contributed by atoms with Crippen LogP contribution in [-0.2, 0) is 16.9 Å². The van der Waals surface area contributed by atoms with Gasteiger partial charge < -0.3 is 0 Å². The van der Waals surface area contributed by atoms with Crippen molar-refractivity contribution in [3.63, 3.8) is 0 Å². The second-order valence-corrected chi connectivity index (χ2v) is 6.25. The van der Waals surface area contributed by atoms with Crippen LogP contribution in [0.5, 0.6) is 0 Å². The van der Waals surface area contributed by atoms with Gasteiger partial charge in [-0.1, -0.05) is 6.07 Å². The maximum Gasteiger partial charge on any atom is 0.186 e. The molecule has 3 rings (SSSR count). The Morgan fingerprint density at radius 3 is 2.72 bits per heavy atom. The van der Waals surface area contributed by atoms with E-state index in [1.54, 1.807) is 42.3 Å². The summed E-state index contributed by atoms with van der Waals surface area (Å²) in [5.41, 5.74) is 1.87. The van der Waals surface area contributed by atoms with E-state index in [2.05, 4.69) is 5.10 Å². The lowest BCUT2D eigenvalue weighted by atomic mass is 10.1. The zero-order valence-electron chi connectivity index (χ0n) is 9.62. The minimum Gasteiger partial charge on any atom is -0.293 e. The van der Waals surface area contributed by atoms with E-state index in [1.807, 2.05) is 0 Å². The van der Waals surface area contributed by atoms with Crippen LogP contribution in [-0.4, -0.2) is 29.7 Å². The summed E-state index contributed by atoms with van der Waals surface area (Å²) in [5, 5.41) is 4.04. The maximum absolute atomic E-state index is 11.8. The zero-order chi connectivity index (χ0) is 12.9. The molecule has 2 heterocycles. The Morgan fingerprint density at radius 2 is 2.06 bits per heavy atom. The summed E-state index contributed by atoms with van der Waals surface area (Å²) >= 11 is 0. The predicted octanol–water partition coefficient (Wildman–Crippen LogP) is 1.06. The Bertz CT molecular complexity index is 759. The van der Waals surface area contributed by atoms with E-state index in [0.29, 0.717) is 5.56 Å². The fraction of sp³-hybridized carbons (Fsp3) is 0.167. The summed E-state index contributed by atoms with van der Waals surface area (Å²) in [7, 11) is -1.67. The third kappa shape index (κ3) is 1.57. The number of aromatic nitrogens is 2. The van der Waals surface area contributed by atoms with Crippen LogP contribution in [0.25, 0.3) is 11.1 Å². The van der Waals surface area contributed by atoms with Crippen molar-refractivity contribution in [3.05, 3.63) is 36.2 Å². The Kier molecular flexibility index (Phi) is 2.18. The molecule has 2 aromatic rings. The van der Waals surface area contributed by atoms with Crippen LogP contribution in [0.4, 0.5) is 0 Å². The Labute approximate surface area is 104 Å². The van der Waals surface area contributed by atoms with E-state index in [9.17, 15) is 13.2 Å². The highest BCUT2D eigenvalue weighted by Gasteiger charge is 2.33. The highest BCUT2D eigenvalue weighted by Crippen LogP contribution is 2.30. The molecule has 1 aromatic carbocycles. The minimum atomic E-state index is -3.46. The fourth-order valence-electron chi connectivity index (χ4n) is 2.09. The molecule has 0 fully saturated rings. The topological polar surface area (TPSA) is 69.0 Å². The molecule has 1 aromatic heterocycles. The average Bonchev–Trinajstić information content (AvgIpc) is 2.82. The van der Waals surface area contributed by atoms with Gasteiger partial charge >= 0.3 is 0 Å². The van der Waals surface area contributed by atoms with Gasteiger partial charge in [-0.15, -0.1) is 0 Å². The molecule has 5 nitrogen and oxygen atoms in total. The predicted molar refractivity (Wildman–Crippen MR) is 65.0 cm³/mol. The summed E-state index contributed by atoms with van der Waals surface area (Å²) in [6, 6.07) is 4.87. The van der Waals surface area contributed by atoms with Crippen molar-refractivity contribution >= 4 is 15.6 Å². The molecule has 6 heteroatoms. The van der Waals surface area contributed by atoms with E-state index in [1.165, 1.54) is 0 Å². The number of fused-ring (bicyclic) bond motifs is 1. The molecule has 0 spiro atoms. The van der Waals surface area contributed by atoms with Gasteiger partial charge in [0.25, 0.3) is 0 Å². The molecule has 0 unspecified atom stereocenters. The molecular weight excluding hydrogens is 252 g/mol. The van der Waals surface area contributed by atoms with Crippen molar-refractivity contribution in [3.8, 4) is 11.1 Å². The summed E-state index contributed by atoms with van der Waals surface area (Å²) in [6.07, 6.45) is 3.45. The number of carbonyl (C=O) groups is 1. The third-order valence-corrected chi connectivity index (χ3v) is 4.63. The third-order valence-electron chi connectivity index (χ3n) is 2.98. The number of aryl methyl sites for hydroxylation is 1. The van der Waals surface area contributed by atoms with Gasteiger partial charge in [-0.25, -0.2) is 8.42 Å². The van der Waals surface area contributed by atoms with Gasteiger partial charge in [0.15, 0.2) is 15.6 Å². The van der Waals surface area contributed by atoms with Crippen LogP contribution >= 0.6 is 0 Å². The highest BCUT2D eigenvalue weighted by atomic mass is 32.2. The molecule has 1 aliphatic heterocycles. The largest absolute Gasteiger partial charge is 0.293 e. The Balaban J connectivity index is 2.21. The lowest BCUT2D eigenvalue weighted by Crippen LogP contribution is -2.03. The average molecular weight is 262 g/mol. The molecule has 0 N–H and O–H groups in total. The number of hydrogen-bond acceptors (Lipinski definition) is 4. The van der Waals surface area contributed by atoms with Crippen molar-refractivity contribution in [1.82, 2.24) is 9.78 Å². The first kappa shape index (κ1) is 11.2. The van der Waals surface area contributed by atoms with Crippen molar-refractivity contribution in [1.29, 1.82) is 0 Å². The molecule has 1 aliphatic rings. The molecule has 0 aliphatic carbocycles. The van der Waals surface area contributed by atoms with E-state index >= 15 is 0 Å². The lowest BCUT2D eigenvalue weighted by Gasteiger charge is -2.01. The van der Waals surface area contributed by atoms with E-state index in [4.69, 9.17) is 0 Å². The standard InChI is InChI=1S/C12H10N2O3S/c1-14-6-9(5-13-14)8-2-3-10-11(15)7-18(16,17)12(10)4-8/h2-6H,7H2,1H3. The van der Waals surface area contributed by atoms with Crippen LogP contribution in [0.3, 0.4) is 0 Å². The number of sulfone groups is 1. The van der Waals surface area contributed by atoms with E-state index in [-0.39, 0.29) is 10.7 Å². The smallest absolute Gasteiger partial charge is 0.186 e. The molecule has 18 heavy (non-hydrogen) atoms. The second kappa shape index (κ2) is 3.52. The van der Waals surface area contributed by atoms with Crippen LogP contribution in [0, 0.1) is 0 Å². The molecule has 0 saturated carbocycles. The molecule has 0 bridgehead atoms. The monoisotopic (exact) mass is 262 g/mol. The summed E-state index contributed by atoms with van der Waals surface area (Å²) in [6.45, 7) is 0. The first-order valence-electron chi connectivity index (χ1n) is 5.36. The van der Waals surface area contributed by atoms with Gasteiger partial charge in [0, 0.05) is 24.4 Å². The van der Waals surface area contributed by atoms with Crippen molar-refractivity contribution in [2.75, 3.05) is 5.75 Å². The quantitative estimate of drug-likeness (QED) is 0.770. The van der Waals surface area contributed by atoms with Crippen molar-refractivity contribution in [2.45, 2.75) is 4.90 Å². The summed E-state index contributed by atoms with van der Waals surface area (Å²) in [4.78, 5) is 11.7. The van der Waals surface area contributed by atoms with Gasteiger partial charge in [0.2, 0.25) is 0 Å². The number of Topliss-reactive ketones (excluding diaryl/α,β-unsaturated/α-hetero) is 1. The van der Waals surface area contributed by atoms with Crippen LogP contribution < -0.4 is 0 Å². The summed E-state index contributed by atoms with van der Waals surface area (Å²) in [5.74, 6) is -0.749. The fourth-order valence-corrected chi connectivity index (χ4v) is 3.57. The Morgan fingerprint density at radius 1 is 1.28 bits per heavy atom. The van der Waals surface area contributed by atoms with Crippen LogP contribution in [0.1, 0.15) is 10.4 Å². The minimum absolute atomic E-state index is 0.133. The zero-order valence-corrected chi connectivity index (χ0v) is 10.4. The molecule has 0 atom stereocenters. The molecule has 0 saturated heterocycles. The van der Waals surface area contributed by atoms with E-state index < -0.39 is 15.6 Å². The van der Waals surface area contributed by atoms with Gasteiger partial charge in [-0.05, 0) is 17.7 Å². The molecule has 0 radical (unpaired) electrons. The number of benzene rings is 1.